The molecule has 0 aliphatic rings. The third kappa shape index (κ3) is 13.1. The van der Waals surface area contributed by atoms with Gasteiger partial charge in [0, 0.05) is 23.8 Å². The highest BCUT2D eigenvalue weighted by Crippen LogP contribution is 2.50. The van der Waals surface area contributed by atoms with E-state index < -0.39 is 13.0 Å². The highest BCUT2D eigenvalue weighted by molar-refractivity contribution is 8.76. The van der Waals surface area contributed by atoms with Gasteiger partial charge in [-0.25, -0.2) is 0 Å². The Hall–Kier alpha value is 1.84. The molecule has 0 aliphatic heterocycles. The van der Waals surface area contributed by atoms with Crippen LogP contribution in [0.1, 0.15) is 40.5 Å². The first-order chi connectivity index (χ1) is 11.4. The standard InChI is InChI=1S/C14H32O4P2S4/c1-5-15-19(21,16-6-2)11-9-13-23-24-14-10-12-20(22,17-7-3)18-8-4/h5-14H2,1-4H3. The van der Waals surface area contributed by atoms with Crippen LogP contribution in [0.15, 0.2) is 0 Å². The molecule has 0 amide bonds. The van der Waals surface area contributed by atoms with E-state index in [4.69, 9.17) is 41.7 Å². The van der Waals surface area contributed by atoms with Crippen molar-refractivity contribution in [2.24, 2.45) is 0 Å². The number of hydrogen-bond acceptors (Lipinski definition) is 8. The normalized spacial score (nSPS) is 12.7. The average Bonchev–Trinajstić information content (AvgIpc) is 2.51. The largest absolute Gasteiger partial charge is 0.330 e. The van der Waals surface area contributed by atoms with Gasteiger partial charge in [0.1, 0.15) is 0 Å². The number of hydrogen-bond donors (Lipinski definition) is 0. The maximum Gasteiger partial charge on any atom is 0.188 e. The summed E-state index contributed by atoms with van der Waals surface area (Å²) in [4.78, 5) is 0. The summed E-state index contributed by atoms with van der Waals surface area (Å²) in [5.41, 5.74) is 0. The Morgan fingerprint density at radius 2 is 0.917 bits per heavy atom. The van der Waals surface area contributed by atoms with E-state index in [9.17, 15) is 0 Å². The second-order valence-electron chi connectivity index (χ2n) is 4.69. The van der Waals surface area contributed by atoms with E-state index in [-0.39, 0.29) is 0 Å². The van der Waals surface area contributed by atoms with Gasteiger partial charge in [-0.15, -0.1) is 0 Å². The van der Waals surface area contributed by atoms with E-state index in [1.165, 1.54) is 0 Å². The Morgan fingerprint density at radius 3 is 1.17 bits per heavy atom. The topological polar surface area (TPSA) is 36.9 Å². The van der Waals surface area contributed by atoms with Gasteiger partial charge in [-0.05, 0) is 64.2 Å². The van der Waals surface area contributed by atoms with Crippen molar-refractivity contribution in [1.82, 2.24) is 0 Å². The van der Waals surface area contributed by atoms with Crippen LogP contribution < -0.4 is 0 Å². The molecule has 4 nitrogen and oxygen atoms in total. The quantitative estimate of drug-likeness (QED) is 0.152. The highest BCUT2D eigenvalue weighted by Gasteiger charge is 2.18. The van der Waals surface area contributed by atoms with Crippen LogP contribution in [0.4, 0.5) is 0 Å². The third-order valence-electron chi connectivity index (χ3n) is 2.71. The smallest absolute Gasteiger partial charge is 0.188 e. The molecule has 0 atom stereocenters. The summed E-state index contributed by atoms with van der Waals surface area (Å²) in [7, 11) is 3.76. The van der Waals surface area contributed by atoms with Crippen molar-refractivity contribution in [3.8, 4) is 0 Å². The molecule has 0 aliphatic carbocycles. The summed E-state index contributed by atoms with van der Waals surface area (Å²) in [5, 5.41) is 0. The Morgan fingerprint density at radius 1 is 0.625 bits per heavy atom. The molecule has 0 aromatic carbocycles. The maximum atomic E-state index is 5.65. The lowest BCUT2D eigenvalue weighted by molar-refractivity contribution is 0.266. The molecule has 0 heterocycles. The zero-order valence-corrected chi connectivity index (χ0v) is 20.3. The highest BCUT2D eigenvalue weighted by atomic mass is 33.1. The summed E-state index contributed by atoms with van der Waals surface area (Å²) in [6.07, 6.45) is 3.77. The second-order valence-corrected chi connectivity index (χ2v) is 15.1. The maximum absolute atomic E-state index is 5.65. The molecule has 0 aromatic rings. The van der Waals surface area contributed by atoms with Crippen molar-refractivity contribution in [2.75, 3.05) is 50.3 Å². The van der Waals surface area contributed by atoms with Crippen LogP contribution in [0.2, 0.25) is 0 Å². The minimum Gasteiger partial charge on any atom is -0.330 e. The van der Waals surface area contributed by atoms with Gasteiger partial charge in [-0.2, -0.15) is 0 Å². The van der Waals surface area contributed by atoms with Gasteiger partial charge in [0.25, 0.3) is 0 Å². The SMILES string of the molecule is CCOP(=S)(CCCSSCCCP(=S)(OCC)OCC)OCC. The van der Waals surface area contributed by atoms with Gasteiger partial charge in [0.05, 0.1) is 26.4 Å². The van der Waals surface area contributed by atoms with Crippen LogP contribution in [0, 0.1) is 0 Å². The number of rotatable bonds is 17. The summed E-state index contributed by atoms with van der Waals surface area (Å²) in [5.74, 6) is 2.13. The van der Waals surface area contributed by atoms with Crippen molar-refractivity contribution in [3.05, 3.63) is 0 Å². The molecule has 0 saturated heterocycles. The zero-order valence-electron chi connectivity index (χ0n) is 15.2. The lowest BCUT2D eigenvalue weighted by Crippen LogP contribution is -2.01. The molecule has 24 heavy (non-hydrogen) atoms. The molecule has 0 saturated carbocycles. The van der Waals surface area contributed by atoms with Crippen molar-refractivity contribution in [1.29, 1.82) is 0 Å². The van der Waals surface area contributed by atoms with Crippen LogP contribution in [-0.2, 0) is 41.7 Å². The molecule has 0 rings (SSSR count). The molecule has 0 aromatic heterocycles. The second kappa shape index (κ2) is 15.9. The molecule has 0 radical (unpaired) electrons. The van der Waals surface area contributed by atoms with Gasteiger partial charge in [-0.1, -0.05) is 21.6 Å². The Balaban J connectivity index is 3.79. The summed E-state index contributed by atoms with van der Waals surface area (Å²) >= 11 is 11.1. The minimum absolute atomic E-state index is 0.630. The fourth-order valence-corrected chi connectivity index (χ4v) is 9.84. The van der Waals surface area contributed by atoms with Crippen LogP contribution in [0.25, 0.3) is 0 Å². The van der Waals surface area contributed by atoms with Crippen molar-refractivity contribution >= 4 is 58.2 Å². The summed E-state index contributed by atoms with van der Waals surface area (Å²) in [6, 6.07) is 0. The third-order valence-corrected chi connectivity index (χ3v) is 12.0. The first kappa shape index (κ1) is 25.8. The van der Waals surface area contributed by atoms with Crippen molar-refractivity contribution in [3.63, 3.8) is 0 Å². The molecular formula is C14H32O4P2S4. The fourth-order valence-electron chi connectivity index (χ4n) is 1.87. The Kier molecular flexibility index (Phi) is 17.1. The van der Waals surface area contributed by atoms with E-state index in [2.05, 4.69) is 0 Å². The Labute approximate surface area is 166 Å². The molecule has 0 spiro atoms. The molecular weight excluding hydrogens is 422 g/mol. The monoisotopic (exact) mass is 454 g/mol. The van der Waals surface area contributed by atoms with Crippen molar-refractivity contribution in [2.45, 2.75) is 40.5 Å². The Bertz CT molecular complexity index is 343. The molecule has 0 bridgehead atoms. The molecule has 0 fully saturated rings. The lowest BCUT2D eigenvalue weighted by Gasteiger charge is -2.21. The van der Waals surface area contributed by atoms with Crippen molar-refractivity contribution < 1.29 is 18.1 Å². The van der Waals surface area contributed by atoms with E-state index >= 15 is 0 Å². The predicted octanol–water partition coefficient (Wildman–Crippen LogP) is 5.91. The summed E-state index contributed by atoms with van der Waals surface area (Å²) < 4.78 is 22.6. The van der Waals surface area contributed by atoms with Crippen LogP contribution in [-0.4, -0.2) is 50.3 Å². The predicted molar refractivity (Wildman–Crippen MR) is 119 cm³/mol. The van der Waals surface area contributed by atoms with Crippen LogP contribution in [0.3, 0.4) is 0 Å². The van der Waals surface area contributed by atoms with Gasteiger partial charge >= 0.3 is 0 Å². The van der Waals surface area contributed by atoms with Gasteiger partial charge < -0.3 is 18.1 Å². The molecule has 0 N–H and O–H groups in total. The molecule has 0 unspecified atom stereocenters. The van der Waals surface area contributed by atoms with Gasteiger partial charge in [0.15, 0.2) is 13.0 Å². The van der Waals surface area contributed by atoms with Gasteiger partial charge in [0.2, 0.25) is 0 Å². The van der Waals surface area contributed by atoms with Gasteiger partial charge in [-0.3, -0.25) is 0 Å². The molecule has 10 heteroatoms. The minimum atomic E-state index is -2.05. The van der Waals surface area contributed by atoms with E-state index in [1.54, 1.807) is 0 Å². The van der Waals surface area contributed by atoms with E-state index in [1.807, 2.05) is 49.3 Å². The first-order valence-electron chi connectivity index (χ1n) is 8.46. The molecule has 146 valence electrons. The zero-order chi connectivity index (χ0) is 18.3. The first-order valence-corrected chi connectivity index (χ1v) is 16.6. The van der Waals surface area contributed by atoms with Crippen LogP contribution in [0.5, 0.6) is 0 Å². The van der Waals surface area contributed by atoms with Crippen LogP contribution >= 0.6 is 34.6 Å². The average molecular weight is 455 g/mol. The lowest BCUT2D eigenvalue weighted by atomic mass is 10.6. The van der Waals surface area contributed by atoms with E-state index in [0.717, 1.165) is 36.7 Å². The van der Waals surface area contributed by atoms with E-state index in [0.29, 0.717) is 26.4 Å². The summed E-state index contributed by atoms with van der Waals surface area (Å²) in [6.45, 7) is 6.30. The fraction of sp³-hybridized carbons (Fsp3) is 1.00.